The fraction of sp³-hybridized carbons (Fsp3) is 0.769. The molecule has 1 atom stereocenters. The Morgan fingerprint density at radius 2 is 2.12 bits per heavy atom. The van der Waals surface area contributed by atoms with Crippen molar-refractivity contribution in [3.8, 4) is 0 Å². The molecule has 0 aliphatic heterocycles. The predicted octanol–water partition coefficient (Wildman–Crippen LogP) is 3.04. The van der Waals surface area contributed by atoms with Crippen molar-refractivity contribution in [3.05, 3.63) is 11.8 Å². The van der Waals surface area contributed by atoms with Crippen molar-refractivity contribution in [1.82, 2.24) is 4.90 Å². The largest absolute Gasteiger partial charge is 0.396 e. The highest BCUT2D eigenvalue weighted by Gasteiger charge is 2.06. The van der Waals surface area contributed by atoms with E-state index in [1.165, 1.54) is 5.70 Å². The molecule has 3 nitrogen and oxygen atoms in total. The first-order valence-electron chi connectivity index (χ1n) is 6.19. The quantitative estimate of drug-likeness (QED) is 0.700. The van der Waals surface area contributed by atoms with Crippen LogP contribution in [0.1, 0.15) is 33.1 Å². The summed E-state index contributed by atoms with van der Waals surface area (Å²) in [5.74, 6) is 0.573. The van der Waals surface area contributed by atoms with E-state index < -0.39 is 0 Å². The van der Waals surface area contributed by atoms with Crippen LogP contribution >= 0.6 is 15.9 Å². The molecule has 0 fully saturated rings. The van der Waals surface area contributed by atoms with Gasteiger partial charge in [-0.05, 0) is 47.2 Å². The maximum absolute atomic E-state index is 8.86. The van der Waals surface area contributed by atoms with Gasteiger partial charge in [0, 0.05) is 32.9 Å². The van der Waals surface area contributed by atoms with E-state index in [9.17, 15) is 0 Å². The lowest BCUT2D eigenvalue weighted by Crippen LogP contribution is -2.21. The van der Waals surface area contributed by atoms with Crippen LogP contribution in [0.5, 0.6) is 0 Å². The van der Waals surface area contributed by atoms with E-state index in [1.807, 2.05) is 0 Å². The molecule has 0 saturated carbocycles. The van der Waals surface area contributed by atoms with E-state index >= 15 is 0 Å². The van der Waals surface area contributed by atoms with Gasteiger partial charge >= 0.3 is 0 Å². The second-order valence-electron chi connectivity index (χ2n) is 4.36. The first kappa shape index (κ1) is 16.6. The van der Waals surface area contributed by atoms with Gasteiger partial charge in [-0.2, -0.15) is 0 Å². The number of aliphatic hydroxyl groups is 1. The van der Waals surface area contributed by atoms with Crippen LogP contribution in [-0.4, -0.2) is 41.9 Å². The smallest absolute Gasteiger partial charge is 0.101 e. The Hall–Kier alpha value is -0.350. The van der Waals surface area contributed by atoms with Crippen LogP contribution in [0.4, 0.5) is 0 Å². The lowest BCUT2D eigenvalue weighted by molar-refractivity contribution is 0.249. The molecule has 0 aliphatic carbocycles. The second-order valence-corrected chi connectivity index (χ2v) is 5.18. The van der Waals surface area contributed by atoms with Gasteiger partial charge in [-0.25, -0.2) is 0 Å². The average molecular weight is 305 g/mol. The van der Waals surface area contributed by atoms with Crippen LogP contribution in [-0.2, 0) is 0 Å². The van der Waals surface area contributed by atoms with Gasteiger partial charge < -0.3 is 10.0 Å². The van der Waals surface area contributed by atoms with E-state index in [-0.39, 0.29) is 6.61 Å². The molecule has 0 heterocycles. The highest BCUT2D eigenvalue weighted by atomic mass is 79.9. The van der Waals surface area contributed by atoms with Gasteiger partial charge in [-0.1, -0.05) is 13.8 Å². The Bertz CT molecular complexity index is 264. The van der Waals surface area contributed by atoms with Crippen molar-refractivity contribution in [1.29, 1.82) is 0 Å². The summed E-state index contributed by atoms with van der Waals surface area (Å²) in [6.07, 6.45) is 5.06. The third-order valence-electron chi connectivity index (χ3n) is 2.93. The van der Waals surface area contributed by atoms with Gasteiger partial charge in [0.2, 0.25) is 0 Å². The van der Waals surface area contributed by atoms with E-state index in [4.69, 9.17) is 5.11 Å². The number of hydrogen-bond donors (Lipinski definition) is 1. The van der Waals surface area contributed by atoms with Gasteiger partial charge in [0.25, 0.3) is 0 Å². The normalized spacial score (nSPS) is 14.9. The summed E-state index contributed by atoms with van der Waals surface area (Å²) in [5, 5.41) is 8.86. The summed E-state index contributed by atoms with van der Waals surface area (Å²) in [5.41, 5.74) is 1.28. The Kier molecular flexibility index (Phi) is 9.46. The van der Waals surface area contributed by atoms with E-state index in [2.05, 4.69) is 52.8 Å². The molecule has 0 amide bonds. The molecule has 1 unspecified atom stereocenters. The predicted molar refractivity (Wildman–Crippen MR) is 78.8 cm³/mol. The molecule has 0 aliphatic rings. The molecule has 0 aromatic heterocycles. The molecule has 1 N–H and O–H groups in total. The summed E-state index contributed by atoms with van der Waals surface area (Å²) in [6, 6.07) is 0. The molecule has 0 rings (SSSR count). The van der Waals surface area contributed by atoms with Crippen LogP contribution in [0.2, 0.25) is 0 Å². The lowest BCUT2D eigenvalue weighted by Gasteiger charge is -2.23. The van der Waals surface area contributed by atoms with Gasteiger partial charge in [0.15, 0.2) is 0 Å². The molecular weight excluding hydrogens is 280 g/mol. The second kappa shape index (κ2) is 9.66. The molecule has 100 valence electrons. The molecule has 17 heavy (non-hydrogen) atoms. The SMILES string of the molecule is CC/C(=C\C(Br)=NC)N(C)CCC(C)CCO. The van der Waals surface area contributed by atoms with Crippen molar-refractivity contribution < 1.29 is 5.11 Å². The summed E-state index contributed by atoms with van der Waals surface area (Å²) >= 11 is 3.41. The maximum Gasteiger partial charge on any atom is 0.101 e. The molecule has 0 bridgehead atoms. The van der Waals surface area contributed by atoms with Gasteiger partial charge in [0.1, 0.15) is 4.62 Å². The van der Waals surface area contributed by atoms with Crippen LogP contribution in [0.15, 0.2) is 16.8 Å². The first-order valence-corrected chi connectivity index (χ1v) is 6.99. The van der Waals surface area contributed by atoms with Crippen molar-refractivity contribution in [2.45, 2.75) is 33.1 Å². The molecule has 0 aromatic rings. The molecule has 0 saturated heterocycles. The summed E-state index contributed by atoms with van der Waals surface area (Å²) < 4.78 is 0.879. The van der Waals surface area contributed by atoms with Gasteiger partial charge in [-0.15, -0.1) is 0 Å². The van der Waals surface area contributed by atoms with Crippen molar-refractivity contribution in [2.75, 3.05) is 27.2 Å². The Balaban J connectivity index is 4.26. The fourth-order valence-electron chi connectivity index (χ4n) is 1.61. The van der Waals surface area contributed by atoms with Crippen molar-refractivity contribution >= 4 is 20.6 Å². The maximum atomic E-state index is 8.86. The molecule has 0 spiro atoms. The van der Waals surface area contributed by atoms with Crippen molar-refractivity contribution in [3.63, 3.8) is 0 Å². The monoisotopic (exact) mass is 304 g/mol. The lowest BCUT2D eigenvalue weighted by atomic mass is 10.0. The number of aliphatic hydroxyl groups excluding tert-OH is 1. The summed E-state index contributed by atoms with van der Waals surface area (Å²) in [7, 11) is 3.88. The minimum absolute atomic E-state index is 0.287. The number of rotatable bonds is 8. The Morgan fingerprint density at radius 3 is 2.59 bits per heavy atom. The summed E-state index contributed by atoms with van der Waals surface area (Å²) in [6.45, 7) is 5.64. The number of halogens is 1. The zero-order valence-corrected chi connectivity index (χ0v) is 13.0. The summed E-state index contributed by atoms with van der Waals surface area (Å²) in [4.78, 5) is 6.34. The van der Waals surface area contributed by atoms with E-state index in [0.29, 0.717) is 5.92 Å². The molecular formula is C13H25BrN2O. The van der Waals surface area contributed by atoms with Crippen LogP contribution in [0.3, 0.4) is 0 Å². The number of nitrogens with zero attached hydrogens (tertiary/aromatic N) is 2. The standard InChI is InChI=1S/C13H25BrN2O/c1-5-12(10-13(14)15-3)16(4)8-6-11(2)7-9-17/h10-11,17H,5-9H2,1-4H3/b12-10+,15-13?. The number of allylic oxidation sites excluding steroid dienone is 2. The third-order valence-corrected chi connectivity index (χ3v) is 3.51. The van der Waals surface area contributed by atoms with Gasteiger partial charge in [-0.3, -0.25) is 4.99 Å². The Morgan fingerprint density at radius 1 is 1.47 bits per heavy atom. The molecule has 0 radical (unpaired) electrons. The average Bonchev–Trinajstić information content (AvgIpc) is 2.32. The molecule has 0 aromatic carbocycles. The minimum Gasteiger partial charge on any atom is -0.396 e. The first-order chi connectivity index (χ1) is 8.04. The van der Waals surface area contributed by atoms with Crippen LogP contribution in [0, 0.1) is 5.92 Å². The third kappa shape index (κ3) is 7.55. The zero-order chi connectivity index (χ0) is 13.3. The zero-order valence-electron chi connectivity index (χ0n) is 11.4. The highest BCUT2D eigenvalue weighted by Crippen LogP contribution is 2.13. The van der Waals surface area contributed by atoms with Gasteiger partial charge in [0.05, 0.1) is 0 Å². The van der Waals surface area contributed by atoms with Crippen LogP contribution < -0.4 is 0 Å². The van der Waals surface area contributed by atoms with Crippen molar-refractivity contribution in [2.24, 2.45) is 10.9 Å². The van der Waals surface area contributed by atoms with E-state index in [0.717, 1.165) is 30.4 Å². The number of hydrogen-bond acceptors (Lipinski definition) is 3. The van der Waals surface area contributed by atoms with Crippen LogP contribution in [0.25, 0.3) is 0 Å². The number of aliphatic imine (C=N–C) groups is 1. The molecule has 4 heteroatoms. The minimum atomic E-state index is 0.287. The fourth-order valence-corrected chi connectivity index (χ4v) is 1.87. The highest BCUT2D eigenvalue weighted by molar-refractivity contribution is 9.18. The van der Waals surface area contributed by atoms with E-state index in [1.54, 1.807) is 7.05 Å². The topological polar surface area (TPSA) is 35.8 Å². The Labute approximate surface area is 114 Å².